The van der Waals surface area contributed by atoms with Crippen LogP contribution in [0.25, 0.3) is 0 Å². The summed E-state index contributed by atoms with van der Waals surface area (Å²) in [5, 5.41) is 0. The van der Waals surface area contributed by atoms with E-state index in [-0.39, 0.29) is 78.1 Å². The molecular formula is HAlCl2CuLi. The minimum absolute atomic E-state index is 0. The van der Waals surface area contributed by atoms with Gasteiger partial charge in [-0.1, -0.05) is 0 Å². The molecule has 0 saturated carbocycles. The van der Waals surface area contributed by atoms with Crippen molar-refractivity contribution in [3.63, 3.8) is 0 Å². The second kappa shape index (κ2) is 34.3. The fraction of sp³-hybridized carbons (Fsp3) is 0. The molecule has 0 aliphatic carbocycles. The van der Waals surface area contributed by atoms with Gasteiger partial charge in [-0.2, -0.15) is 0 Å². The summed E-state index contributed by atoms with van der Waals surface area (Å²) in [5.41, 5.74) is 0. The van der Waals surface area contributed by atoms with E-state index in [0.717, 1.165) is 0 Å². The molecule has 0 spiro atoms. The molecule has 5 heteroatoms. The Morgan fingerprint density at radius 2 is 0.800 bits per heavy atom. The normalized spacial score (nSPS) is 0. The SMILES string of the molecule is [Al].[Cl-].[Cl-].[Cu+2].[LiH]. The summed E-state index contributed by atoms with van der Waals surface area (Å²) < 4.78 is 0. The van der Waals surface area contributed by atoms with Crippen molar-refractivity contribution in [2.24, 2.45) is 0 Å². The van der Waals surface area contributed by atoms with Gasteiger partial charge in [-0.15, -0.1) is 0 Å². The van der Waals surface area contributed by atoms with Gasteiger partial charge in [0.25, 0.3) is 0 Å². The summed E-state index contributed by atoms with van der Waals surface area (Å²) >= 11 is 0. The van der Waals surface area contributed by atoms with E-state index >= 15 is 0 Å². The van der Waals surface area contributed by atoms with E-state index in [2.05, 4.69) is 0 Å². The van der Waals surface area contributed by atoms with Gasteiger partial charge in [-0.05, 0) is 0 Å². The van der Waals surface area contributed by atoms with E-state index < -0.39 is 0 Å². The summed E-state index contributed by atoms with van der Waals surface area (Å²) in [6.07, 6.45) is 0. The summed E-state index contributed by atoms with van der Waals surface area (Å²) in [7, 11) is 0. The fourth-order valence-corrected chi connectivity index (χ4v) is 0. The average Bonchev–Trinajstić information content (AvgIpc) is 0. The van der Waals surface area contributed by atoms with Gasteiger partial charge in [-0.25, -0.2) is 0 Å². The summed E-state index contributed by atoms with van der Waals surface area (Å²) in [6.45, 7) is 0. The molecule has 0 atom stereocenters. The van der Waals surface area contributed by atoms with Crippen LogP contribution in [0, 0.1) is 0 Å². The Hall–Kier alpha value is 2.23. The van der Waals surface area contributed by atoms with Crippen molar-refractivity contribution in [1.82, 2.24) is 0 Å². The number of rotatable bonds is 0. The molecule has 0 bridgehead atoms. The Labute approximate surface area is 77.4 Å². The van der Waals surface area contributed by atoms with Crippen LogP contribution in [0.2, 0.25) is 0 Å². The Bertz CT molecular complexity index is 9.61. The second-order valence-corrected chi connectivity index (χ2v) is 0. The predicted molar refractivity (Wildman–Crippen MR) is 12.9 cm³/mol. The molecule has 5 heavy (non-hydrogen) atoms. The molecule has 0 aliphatic rings. The Kier molecular flexibility index (Phi) is 387. The first kappa shape index (κ1) is 56.4. The summed E-state index contributed by atoms with van der Waals surface area (Å²) in [4.78, 5) is 0. The van der Waals surface area contributed by atoms with Crippen molar-refractivity contribution < 1.29 is 41.9 Å². The first-order chi connectivity index (χ1) is 0. The van der Waals surface area contributed by atoms with E-state index in [9.17, 15) is 0 Å². The maximum atomic E-state index is 0. The van der Waals surface area contributed by atoms with Crippen LogP contribution in [0.5, 0.6) is 0 Å². The van der Waals surface area contributed by atoms with Gasteiger partial charge in [-0.3, -0.25) is 0 Å². The average molecular weight is 169 g/mol. The van der Waals surface area contributed by atoms with Crippen molar-refractivity contribution in [3.8, 4) is 0 Å². The number of hydrogen-bond donors (Lipinski definition) is 0. The van der Waals surface area contributed by atoms with E-state index in [1.807, 2.05) is 0 Å². The molecule has 0 nitrogen and oxygen atoms in total. The molecule has 0 rings (SSSR count). The predicted octanol–water partition coefficient (Wildman–Crippen LogP) is -7.02. The van der Waals surface area contributed by atoms with Crippen LogP contribution in [-0.2, 0) is 17.1 Å². The Morgan fingerprint density at radius 3 is 0.800 bits per heavy atom. The van der Waals surface area contributed by atoms with Crippen LogP contribution in [0.3, 0.4) is 0 Å². The first-order valence-electron chi connectivity index (χ1n) is 0. The van der Waals surface area contributed by atoms with Gasteiger partial charge in [0.15, 0.2) is 0 Å². The topological polar surface area (TPSA) is 0 Å². The van der Waals surface area contributed by atoms with Gasteiger partial charge in [0, 0.05) is 17.4 Å². The van der Waals surface area contributed by atoms with Crippen molar-refractivity contribution in [1.29, 1.82) is 0 Å². The molecule has 0 unspecified atom stereocenters. The zero-order valence-corrected chi connectivity index (χ0v) is 5.24. The van der Waals surface area contributed by atoms with Crippen LogP contribution in [0.4, 0.5) is 0 Å². The molecule has 0 aliphatic heterocycles. The van der Waals surface area contributed by atoms with Crippen LogP contribution >= 0.6 is 0 Å². The molecule has 0 aromatic rings. The quantitative estimate of drug-likeness (QED) is 0.316. The van der Waals surface area contributed by atoms with E-state index in [4.69, 9.17) is 0 Å². The van der Waals surface area contributed by atoms with E-state index in [0.29, 0.717) is 0 Å². The first-order valence-corrected chi connectivity index (χ1v) is 0. The molecule has 0 heterocycles. The van der Waals surface area contributed by atoms with Crippen LogP contribution in [0.1, 0.15) is 0 Å². The van der Waals surface area contributed by atoms with Gasteiger partial charge in [0.2, 0.25) is 0 Å². The van der Waals surface area contributed by atoms with E-state index in [1.54, 1.807) is 0 Å². The summed E-state index contributed by atoms with van der Waals surface area (Å²) in [6, 6.07) is 0. The molecule has 4 radical (unpaired) electrons. The summed E-state index contributed by atoms with van der Waals surface area (Å²) in [5.74, 6) is 0. The van der Waals surface area contributed by atoms with Gasteiger partial charge >= 0.3 is 35.9 Å². The molecular weight excluding hydrogens is 168 g/mol. The third-order valence-electron chi connectivity index (χ3n) is 0. The molecule has 0 aromatic heterocycles. The van der Waals surface area contributed by atoms with Crippen molar-refractivity contribution >= 4 is 36.2 Å². The zero-order valence-electron chi connectivity index (χ0n) is 1.63. The molecule has 30 valence electrons. The van der Waals surface area contributed by atoms with Crippen molar-refractivity contribution in [2.75, 3.05) is 0 Å². The minimum atomic E-state index is 0. The molecule has 0 N–H and O–H groups in total. The van der Waals surface area contributed by atoms with Gasteiger partial charge in [0.05, 0.1) is 0 Å². The molecule has 0 amide bonds. The van der Waals surface area contributed by atoms with Crippen molar-refractivity contribution in [3.05, 3.63) is 0 Å². The number of halogens is 2. The Morgan fingerprint density at radius 1 is 0.800 bits per heavy atom. The number of hydrogen-bond acceptors (Lipinski definition) is 0. The monoisotopic (exact) mass is 168 g/mol. The third kappa shape index (κ3) is 22.4. The maximum absolute atomic E-state index is 0. The fourth-order valence-electron chi connectivity index (χ4n) is 0. The van der Waals surface area contributed by atoms with Crippen molar-refractivity contribution in [2.45, 2.75) is 0 Å². The zero-order chi connectivity index (χ0) is 0. The molecule has 0 aromatic carbocycles. The third-order valence-corrected chi connectivity index (χ3v) is 0. The van der Waals surface area contributed by atoms with Crippen LogP contribution in [-0.4, -0.2) is 36.2 Å². The van der Waals surface area contributed by atoms with Crippen LogP contribution in [0.15, 0.2) is 0 Å². The standard InChI is InChI=1S/Al.2ClH.Cu.Li.H/h;2*1H;;;/q;;;+2;;/p-2. The van der Waals surface area contributed by atoms with E-state index in [1.165, 1.54) is 0 Å². The van der Waals surface area contributed by atoms with Gasteiger partial charge < -0.3 is 24.8 Å². The second-order valence-electron chi connectivity index (χ2n) is 0. The Balaban J connectivity index is 0. The van der Waals surface area contributed by atoms with Crippen LogP contribution < -0.4 is 24.8 Å². The molecule has 0 fully saturated rings. The molecule has 0 saturated heterocycles. The van der Waals surface area contributed by atoms with Gasteiger partial charge in [0.1, 0.15) is 0 Å².